The highest BCUT2D eigenvalue weighted by molar-refractivity contribution is 5.94. The lowest BCUT2D eigenvalue weighted by atomic mass is 9.90. The molecule has 698 valence electrons. The average molecular weight is 1840 g/mol. The number of rotatable bonds is 19. The highest BCUT2D eigenvalue weighted by atomic mass is 19.3. The molecule has 0 saturated carbocycles. The fraction of sp³-hybridized carbons (Fsp3) is 0.330. The molecule has 10 heterocycles. The lowest BCUT2D eigenvalue weighted by Crippen LogP contribution is -2.56. The standard InChI is InChI=1S/C89H89F4N15O13.2C7H8/c1-116-84(112)102-74(55-9-5-4-6-10-55)81(109)104-33-7-11-70(104)77-94-47-68(100-77)64-27-25-60-39-58(21-23-62(60)41-64)52-15-19-54(20-16-52)67-46-97-80(99-67)73-44-89(92,93)50-107(73)83(111)76(57-31-37-120-38-32-57)108(87(115)118-3)121-86(114)105-34-8-12-71(105)78-95-48-69(101-78)65-28-26-61-40-59(22-24-63(61)42-65)51-13-17-53(18-14-51)66-45-96-79(98-66)72-43-88(90,91)49-106(72)82(110)75(103-85(113)117-2)56-29-35-119-36-30-56;2*1-7-5-3-2-4-6-7/h4-6,9-10,13-28,39-42,45-48,56-57,70-76H,7-8,11-12,29-38,43-44,49-50H2,1-3H3,(H,94,100)(H,95,101)(H,96,98)(H,97,99)(H,102,112)(H,103,113);2*2-6H,1H3. The van der Waals surface area contributed by atoms with Crippen molar-refractivity contribution in [3.8, 4) is 67.3 Å². The van der Waals surface area contributed by atoms with Gasteiger partial charge >= 0.3 is 24.4 Å². The highest BCUT2D eigenvalue weighted by Crippen LogP contribution is 2.46. The number of aromatic amines is 4. The van der Waals surface area contributed by atoms with Crippen molar-refractivity contribution in [3.05, 3.63) is 277 Å². The number of aromatic nitrogens is 8. The van der Waals surface area contributed by atoms with Crippen LogP contribution in [0.1, 0.15) is 134 Å². The van der Waals surface area contributed by atoms with Crippen molar-refractivity contribution in [1.82, 2.24) is 75.2 Å². The number of carbonyl (C=O) groups is 7. The number of benzene rings is 9. The van der Waals surface area contributed by atoms with Crippen molar-refractivity contribution in [2.45, 2.75) is 132 Å². The minimum absolute atomic E-state index is 0.0933. The van der Waals surface area contributed by atoms with Crippen molar-refractivity contribution in [3.63, 3.8) is 0 Å². The molecule has 7 amide bonds. The molecule has 4 aromatic heterocycles. The molecular formula is C103H105F4N15O13. The van der Waals surface area contributed by atoms with Gasteiger partial charge in [0.05, 0.1) is 106 Å². The number of alkyl carbamates (subject to hydrolysis) is 2. The van der Waals surface area contributed by atoms with E-state index in [1.807, 2.05) is 158 Å². The molecule has 19 rings (SSSR count). The Bertz CT molecular complexity index is 6330. The van der Waals surface area contributed by atoms with Crippen LogP contribution in [0.25, 0.3) is 88.8 Å². The van der Waals surface area contributed by atoms with Crippen LogP contribution in [0.4, 0.5) is 36.7 Å². The molecule has 0 bridgehead atoms. The van der Waals surface area contributed by atoms with Crippen LogP contribution in [-0.4, -0.2) is 204 Å². The summed E-state index contributed by atoms with van der Waals surface area (Å²) < 4.78 is 88.7. The maximum absolute atomic E-state index is 16.1. The van der Waals surface area contributed by atoms with E-state index in [0.29, 0.717) is 96.8 Å². The van der Waals surface area contributed by atoms with Crippen molar-refractivity contribution in [2.24, 2.45) is 11.8 Å². The first kappa shape index (κ1) is 92.3. The topological polar surface area (TPSA) is 330 Å². The molecule has 6 saturated heterocycles. The minimum atomic E-state index is -3.38. The Labute approximate surface area is 776 Å². The molecule has 6 aliphatic heterocycles. The van der Waals surface area contributed by atoms with Gasteiger partial charge in [0.25, 0.3) is 17.8 Å². The van der Waals surface area contributed by atoms with Gasteiger partial charge in [-0.2, -0.15) is 0 Å². The molecule has 9 aromatic carbocycles. The molecule has 32 heteroatoms. The summed E-state index contributed by atoms with van der Waals surface area (Å²) in [7, 11) is 3.51. The van der Waals surface area contributed by atoms with Gasteiger partial charge in [0, 0.05) is 63.5 Å². The summed E-state index contributed by atoms with van der Waals surface area (Å²) in [5.74, 6) is -8.05. The average Bonchev–Trinajstić information content (AvgIpc) is 1.62. The molecule has 28 nitrogen and oxygen atoms in total. The van der Waals surface area contributed by atoms with E-state index in [0.717, 1.165) is 89.5 Å². The number of ether oxygens (including phenoxy) is 5. The predicted octanol–water partition coefficient (Wildman–Crippen LogP) is 19.4. The maximum atomic E-state index is 16.1. The normalized spacial score (nSPS) is 18.8. The van der Waals surface area contributed by atoms with Crippen LogP contribution >= 0.6 is 0 Å². The van der Waals surface area contributed by atoms with E-state index in [9.17, 15) is 28.8 Å². The zero-order valence-corrected chi connectivity index (χ0v) is 75.3. The van der Waals surface area contributed by atoms with Crippen molar-refractivity contribution < 1.29 is 79.6 Å². The third-order valence-corrected chi connectivity index (χ3v) is 26.1. The second-order valence-corrected chi connectivity index (χ2v) is 35.0. The Balaban J connectivity index is 0.000000830. The minimum Gasteiger partial charge on any atom is -0.453 e. The second kappa shape index (κ2) is 40.9. The van der Waals surface area contributed by atoms with Crippen molar-refractivity contribution in [2.75, 3.05) is 73.9 Å². The van der Waals surface area contributed by atoms with Crippen LogP contribution in [-0.2, 0) is 42.9 Å². The van der Waals surface area contributed by atoms with Gasteiger partial charge in [0.15, 0.2) is 6.04 Å². The summed E-state index contributed by atoms with van der Waals surface area (Å²) >= 11 is 0. The Kier molecular flexibility index (Phi) is 28.0. The van der Waals surface area contributed by atoms with E-state index < -0.39 is 116 Å². The number of halogens is 4. The third kappa shape index (κ3) is 21.1. The van der Waals surface area contributed by atoms with Gasteiger partial charge in [-0.1, -0.05) is 199 Å². The largest absolute Gasteiger partial charge is 0.453 e. The number of fused-ring (bicyclic) bond motifs is 2. The number of alkyl halides is 4. The number of nitrogens with one attached hydrogen (secondary N) is 6. The van der Waals surface area contributed by atoms with Crippen LogP contribution < -0.4 is 10.6 Å². The van der Waals surface area contributed by atoms with E-state index in [1.54, 1.807) is 35.6 Å². The number of likely N-dealkylation sites (tertiary alicyclic amines) is 4. The number of aryl methyl sites for hydroxylation is 2. The van der Waals surface area contributed by atoms with Crippen LogP contribution in [0, 0.1) is 25.7 Å². The summed E-state index contributed by atoms with van der Waals surface area (Å²) in [6.45, 7) is 4.12. The van der Waals surface area contributed by atoms with E-state index in [2.05, 4.69) is 96.8 Å². The summed E-state index contributed by atoms with van der Waals surface area (Å²) in [6, 6.07) is 62.2. The second-order valence-electron chi connectivity index (χ2n) is 35.0. The van der Waals surface area contributed by atoms with Crippen LogP contribution in [0.3, 0.4) is 0 Å². The highest BCUT2D eigenvalue weighted by Gasteiger charge is 2.55. The van der Waals surface area contributed by atoms with Crippen LogP contribution in [0.2, 0.25) is 0 Å². The molecule has 6 N–H and O–H groups in total. The summed E-state index contributed by atoms with van der Waals surface area (Å²) in [4.78, 5) is 140. The Morgan fingerprint density at radius 1 is 0.407 bits per heavy atom. The Hall–Kier alpha value is -14.5. The molecular weight excluding hydrogens is 1730 g/mol. The first-order valence-electron chi connectivity index (χ1n) is 45.4. The Morgan fingerprint density at radius 2 is 0.778 bits per heavy atom. The summed E-state index contributed by atoms with van der Waals surface area (Å²) in [5, 5.41) is 9.73. The van der Waals surface area contributed by atoms with Gasteiger partial charge in [-0.3, -0.25) is 19.3 Å². The fourth-order valence-corrected chi connectivity index (χ4v) is 18.9. The Morgan fingerprint density at radius 3 is 1.21 bits per heavy atom. The summed E-state index contributed by atoms with van der Waals surface area (Å²) in [6.07, 6.45) is 5.18. The molecule has 0 radical (unpaired) electrons. The zero-order chi connectivity index (χ0) is 94.0. The van der Waals surface area contributed by atoms with E-state index >= 15 is 22.4 Å². The number of hydrogen-bond acceptors (Lipinski definition) is 17. The van der Waals surface area contributed by atoms with E-state index in [4.69, 9.17) is 38.5 Å². The zero-order valence-electron chi connectivity index (χ0n) is 75.3. The van der Waals surface area contributed by atoms with Crippen molar-refractivity contribution in [1.29, 1.82) is 0 Å². The number of H-pyrrole nitrogens is 4. The molecule has 6 aliphatic rings. The summed E-state index contributed by atoms with van der Waals surface area (Å²) in [5.41, 5.74) is 12.6. The number of methoxy groups -OCH3 is 3. The third-order valence-electron chi connectivity index (χ3n) is 26.1. The quantitative estimate of drug-likeness (QED) is 0.0249. The predicted molar refractivity (Wildman–Crippen MR) is 498 cm³/mol. The molecule has 7 atom stereocenters. The van der Waals surface area contributed by atoms with Gasteiger partial charge in [-0.15, -0.1) is 5.06 Å². The lowest BCUT2D eigenvalue weighted by Gasteiger charge is -2.38. The number of imidazole rings is 4. The fourth-order valence-electron chi connectivity index (χ4n) is 18.9. The molecule has 0 aliphatic carbocycles. The maximum Gasteiger partial charge on any atom is 0.443 e. The molecule has 135 heavy (non-hydrogen) atoms. The molecule has 13 aromatic rings. The number of hydrogen-bond donors (Lipinski definition) is 6. The van der Waals surface area contributed by atoms with Gasteiger partial charge in [0.2, 0.25) is 11.8 Å². The van der Waals surface area contributed by atoms with E-state index in [-0.39, 0.29) is 62.1 Å². The first-order valence-corrected chi connectivity index (χ1v) is 45.4. The number of carbonyl (C=O) groups excluding carboxylic acids is 7. The van der Waals surface area contributed by atoms with Gasteiger partial charge < -0.3 is 73.8 Å². The monoisotopic (exact) mass is 1840 g/mol. The van der Waals surface area contributed by atoms with Crippen LogP contribution in [0.5, 0.6) is 0 Å². The first-order chi connectivity index (χ1) is 65.4. The van der Waals surface area contributed by atoms with Crippen molar-refractivity contribution >= 4 is 63.6 Å². The number of nitrogens with zero attached hydrogens (tertiary/aromatic N) is 9. The molecule has 0 spiro atoms. The van der Waals surface area contributed by atoms with Gasteiger partial charge in [-0.25, -0.2) is 56.7 Å². The lowest BCUT2D eigenvalue weighted by molar-refractivity contribution is -0.169. The smallest absolute Gasteiger partial charge is 0.443 e. The van der Waals surface area contributed by atoms with Gasteiger partial charge in [-0.05, 0) is 162 Å². The SMILES string of the molecule is COC(=O)NC(C(=O)N1CCCC1c1ncc(-c2ccc3cc(-c4ccc(-c5cnc(C6CC(F)(F)CN6C(=O)C(C6CCOCC6)N(OC(=O)N6CCCC6c6ncc(-c7ccc8cc(-c9ccc(-c%10cnc(C%11CC(F)(F)CN%11C(=O)C(NC(=O)OC)C%11CCOCC%11)[nH]%10)cc9)ccc8c7)[nH]6)C(=O)OC)[nH]5)cc4)ccc3c2)[nH]1)c1ccccc1.Cc1ccccc1.Cc1ccccc1. The number of amides is 7. The molecule has 7 unspecified atom stereocenters. The van der Waals surface area contributed by atoms with Gasteiger partial charge in [0.1, 0.15) is 35.4 Å². The number of hydroxylamine groups is 2. The van der Waals surface area contributed by atoms with Crippen LogP contribution in [0.15, 0.2) is 237 Å². The molecule has 6 fully saturated rings. The van der Waals surface area contributed by atoms with E-state index in [1.165, 1.54) is 36.4 Å².